The minimum atomic E-state index is 0. The topological polar surface area (TPSA) is 70.4 Å². The lowest BCUT2D eigenvalue weighted by Gasteiger charge is -2.33. The molecule has 8 heteroatoms. The first-order valence-corrected chi connectivity index (χ1v) is 9.83. The molecule has 1 saturated carbocycles. The van der Waals surface area contributed by atoms with Gasteiger partial charge in [0.05, 0.1) is 0 Å². The van der Waals surface area contributed by atoms with Crippen molar-refractivity contribution in [3.63, 3.8) is 0 Å². The Balaban J connectivity index is 0.00000196. The Labute approximate surface area is 173 Å². The van der Waals surface area contributed by atoms with E-state index in [1.807, 2.05) is 14.0 Å². The van der Waals surface area contributed by atoms with Crippen LogP contribution in [0.3, 0.4) is 0 Å². The lowest BCUT2D eigenvalue weighted by atomic mass is 9.99. The van der Waals surface area contributed by atoms with Crippen molar-refractivity contribution < 1.29 is 0 Å². The monoisotopic (exact) mass is 473 g/mol. The third kappa shape index (κ3) is 4.68. The Morgan fingerprint density at radius 2 is 1.92 bits per heavy atom. The number of hydrogen-bond acceptors (Lipinski definition) is 4. The van der Waals surface area contributed by atoms with E-state index in [0.717, 1.165) is 43.2 Å². The number of hydrogen-bond donors (Lipinski definition) is 2. The molecule has 0 amide bonds. The highest BCUT2D eigenvalue weighted by Gasteiger charge is 2.32. The highest BCUT2D eigenvalue weighted by molar-refractivity contribution is 14.0. The molecule has 1 aromatic rings. The highest BCUT2D eigenvalue weighted by atomic mass is 127. The molecule has 0 bridgehead atoms. The number of rotatable bonds is 4. The summed E-state index contributed by atoms with van der Waals surface area (Å²) in [6.07, 6.45) is 7.47. The van der Waals surface area contributed by atoms with Crippen LogP contribution in [0, 0.1) is 12.8 Å². The van der Waals surface area contributed by atoms with E-state index in [9.17, 15) is 0 Å². The summed E-state index contributed by atoms with van der Waals surface area (Å²) in [6.45, 7) is 6.48. The van der Waals surface area contributed by atoms with Crippen LogP contribution in [0.15, 0.2) is 4.99 Å². The van der Waals surface area contributed by atoms with Crippen LogP contribution in [0.2, 0.25) is 0 Å². The molecule has 0 spiro atoms. The molecule has 3 aliphatic rings. The second kappa shape index (κ2) is 8.86. The summed E-state index contributed by atoms with van der Waals surface area (Å²) < 4.78 is 2.26. The van der Waals surface area contributed by atoms with Crippen LogP contribution in [0.1, 0.15) is 43.8 Å². The van der Waals surface area contributed by atoms with Crippen LogP contribution >= 0.6 is 24.0 Å². The summed E-state index contributed by atoms with van der Waals surface area (Å²) >= 11 is 0. The SMILES string of the molecule is CN=C(NCC1CCc2nnc(C)n2C1)NC1CCN(C2CC2)CC1.I. The molecule has 1 atom stereocenters. The van der Waals surface area contributed by atoms with Crippen molar-refractivity contribution in [2.45, 2.75) is 64.1 Å². The molecule has 1 aliphatic carbocycles. The van der Waals surface area contributed by atoms with E-state index in [2.05, 4.69) is 35.3 Å². The normalized spacial score (nSPS) is 24.7. The summed E-state index contributed by atoms with van der Waals surface area (Å²) in [5, 5.41) is 15.6. The van der Waals surface area contributed by atoms with Gasteiger partial charge in [0.15, 0.2) is 5.96 Å². The van der Waals surface area contributed by atoms with E-state index in [-0.39, 0.29) is 24.0 Å². The Kier molecular flexibility index (Phi) is 6.76. The second-order valence-electron chi connectivity index (χ2n) is 7.82. The summed E-state index contributed by atoms with van der Waals surface area (Å²) in [5.41, 5.74) is 0. The van der Waals surface area contributed by atoms with Crippen molar-refractivity contribution in [3.05, 3.63) is 11.6 Å². The van der Waals surface area contributed by atoms with Gasteiger partial charge < -0.3 is 20.1 Å². The highest BCUT2D eigenvalue weighted by Crippen LogP contribution is 2.29. The van der Waals surface area contributed by atoms with E-state index in [0.29, 0.717) is 12.0 Å². The van der Waals surface area contributed by atoms with Gasteiger partial charge in [-0.25, -0.2) is 0 Å². The number of aliphatic imine (C=N–C) groups is 1. The molecule has 2 aliphatic heterocycles. The molecule has 2 fully saturated rings. The molecule has 0 radical (unpaired) electrons. The maximum atomic E-state index is 4.43. The van der Waals surface area contributed by atoms with Gasteiger partial charge in [-0.15, -0.1) is 34.2 Å². The average Bonchev–Trinajstić information content (AvgIpc) is 3.43. The predicted molar refractivity (Wildman–Crippen MR) is 114 cm³/mol. The molecule has 0 aromatic carbocycles. The zero-order valence-electron chi connectivity index (χ0n) is 15.9. The first-order chi connectivity index (χ1) is 12.2. The van der Waals surface area contributed by atoms with Crippen LogP contribution in [0.4, 0.5) is 0 Å². The van der Waals surface area contributed by atoms with Crippen molar-refractivity contribution in [2.24, 2.45) is 10.9 Å². The van der Waals surface area contributed by atoms with Gasteiger partial charge in [0.2, 0.25) is 0 Å². The number of halogens is 1. The van der Waals surface area contributed by atoms with Crippen LogP contribution in [0.5, 0.6) is 0 Å². The van der Waals surface area contributed by atoms with Gasteiger partial charge >= 0.3 is 0 Å². The number of likely N-dealkylation sites (tertiary alicyclic amines) is 1. The van der Waals surface area contributed by atoms with E-state index in [1.165, 1.54) is 45.2 Å². The molecular weight excluding hydrogens is 441 g/mol. The summed E-state index contributed by atoms with van der Waals surface area (Å²) in [7, 11) is 1.87. The molecule has 2 N–H and O–H groups in total. The fourth-order valence-corrected chi connectivity index (χ4v) is 4.17. The Bertz CT molecular complexity index is 617. The van der Waals surface area contributed by atoms with Crippen molar-refractivity contribution in [1.29, 1.82) is 0 Å². The quantitative estimate of drug-likeness (QED) is 0.395. The van der Waals surface area contributed by atoms with Crippen LogP contribution in [0.25, 0.3) is 0 Å². The van der Waals surface area contributed by atoms with Crippen molar-refractivity contribution in [2.75, 3.05) is 26.7 Å². The Hall–Kier alpha value is -0.900. The van der Waals surface area contributed by atoms with Crippen molar-refractivity contribution >= 4 is 29.9 Å². The second-order valence-corrected chi connectivity index (χ2v) is 7.82. The predicted octanol–water partition coefficient (Wildman–Crippen LogP) is 1.56. The Morgan fingerprint density at radius 1 is 1.15 bits per heavy atom. The van der Waals surface area contributed by atoms with E-state index in [1.54, 1.807) is 0 Å². The number of nitrogens with one attached hydrogen (secondary N) is 2. The number of aromatic nitrogens is 3. The van der Waals surface area contributed by atoms with Crippen molar-refractivity contribution in [1.82, 2.24) is 30.3 Å². The number of guanidine groups is 1. The Morgan fingerprint density at radius 3 is 2.62 bits per heavy atom. The number of nitrogens with zero attached hydrogens (tertiary/aromatic N) is 5. The molecule has 4 rings (SSSR count). The molecule has 146 valence electrons. The lowest BCUT2D eigenvalue weighted by Crippen LogP contribution is -2.50. The summed E-state index contributed by atoms with van der Waals surface area (Å²) in [6, 6.07) is 1.45. The molecule has 1 unspecified atom stereocenters. The maximum absolute atomic E-state index is 4.43. The van der Waals surface area contributed by atoms with Crippen LogP contribution < -0.4 is 10.6 Å². The van der Waals surface area contributed by atoms with Crippen LogP contribution in [-0.4, -0.2) is 64.4 Å². The summed E-state index contributed by atoms with van der Waals surface area (Å²) in [5.74, 6) is 3.73. The minimum absolute atomic E-state index is 0. The fourth-order valence-electron chi connectivity index (χ4n) is 4.17. The number of fused-ring (bicyclic) bond motifs is 1. The zero-order chi connectivity index (χ0) is 17.2. The smallest absolute Gasteiger partial charge is 0.191 e. The molecule has 1 aromatic heterocycles. The van der Waals surface area contributed by atoms with E-state index >= 15 is 0 Å². The van der Waals surface area contributed by atoms with Gasteiger partial charge in [-0.2, -0.15) is 0 Å². The van der Waals surface area contributed by atoms with Gasteiger partial charge in [0.25, 0.3) is 0 Å². The van der Waals surface area contributed by atoms with Gasteiger partial charge in [-0.05, 0) is 44.9 Å². The lowest BCUT2D eigenvalue weighted by molar-refractivity contribution is 0.197. The molecule has 26 heavy (non-hydrogen) atoms. The van der Waals surface area contributed by atoms with Gasteiger partial charge in [-0.1, -0.05) is 0 Å². The zero-order valence-corrected chi connectivity index (χ0v) is 18.3. The fraction of sp³-hybridized carbons (Fsp3) is 0.833. The molecule has 7 nitrogen and oxygen atoms in total. The molecular formula is C18H32IN7. The molecule has 3 heterocycles. The first kappa shape index (κ1) is 19.9. The van der Waals surface area contributed by atoms with Crippen molar-refractivity contribution in [3.8, 4) is 0 Å². The standard InChI is InChI=1S/C18H31N7.HI/c1-13-22-23-17-6-3-14(12-25(13)17)11-20-18(19-2)21-15-7-9-24(10-8-15)16-4-5-16;/h14-16H,3-12H2,1-2H3,(H2,19,20,21);1H. The van der Waals surface area contributed by atoms with E-state index < -0.39 is 0 Å². The van der Waals surface area contributed by atoms with Gasteiger partial charge in [0.1, 0.15) is 11.6 Å². The number of aryl methyl sites for hydroxylation is 2. The third-order valence-corrected chi connectivity index (χ3v) is 5.94. The average molecular weight is 473 g/mol. The minimum Gasteiger partial charge on any atom is -0.356 e. The molecule has 1 saturated heterocycles. The van der Waals surface area contributed by atoms with Gasteiger partial charge in [0, 0.05) is 51.7 Å². The number of piperidine rings is 1. The third-order valence-electron chi connectivity index (χ3n) is 5.94. The van der Waals surface area contributed by atoms with Crippen LogP contribution in [-0.2, 0) is 13.0 Å². The first-order valence-electron chi connectivity index (χ1n) is 9.83. The van der Waals surface area contributed by atoms with E-state index in [4.69, 9.17) is 0 Å². The van der Waals surface area contributed by atoms with Gasteiger partial charge in [-0.3, -0.25) is 4.99 Å². The largest absolute Gasteiger partial charge is 0.356 e. The maximum Gasteiger partial charge on any atom is 0.191 e. The summed E-state index contributed by atoms with van der Waals surface area (Å²) in [4.78, 5) is 7.10.